The van der Waals surface area contributed by atoms with E-state index in [0.29, 0.717) is 5.95 Å². The van der Waals surface area contributed by atoms with Crippen molar-refractivity contribution < 1.29 is 4.57 Å². The number of hydrogen-bond acceptors (Lipinski definition) is 4. The number of anilines is 2. The fourth-order valence-electron chi connectivity index (χ4n) is 3.13. The van der Waals surface area contributed by atoms with E-state index in [2.05, 4.69) is 45.6 Å². The summed E-state index contributed by atoms with van der Waals surface area (Å²) in [5.74, 6) is 0.529. The van der Waals surface area contributed by atoms with Crippen LogP contribution in [-0.4, -0.2) is 23.3 Å². The van der Waals surface area contributed by atoms with Crippen LogP contribution < -0.4 is 10.6 Å². The van der Waals surface area contributed by atoms with E-state index in [4.69, 9.17) is 0 Å². The van der Waals surface area contributed by atoms with Crippen molar-refractivity contribution in [1.82, 2.24) is 9.97 Å². The molecule has 1 aliphatic rings. The Balaban J connectivity index is 1.67. The number of nitrogens with zero attached hydrogens (tertiary/aromatic N) is 2. The number of aromatic nitrogens is 2. The van der Waals surface area contributed by atoms with E-state index in [-0.39, 0.29) is 0 Å². The Morgan fingerprint density at radius 1 is 1.08 bits per heavy atom. The summed E-state index contributed by atoms with van der Waals surface area (Å²) in [6.45, 7) is 3.54. The molecule has 4 rings (SSSR count). The van der Waals surface area contributed by atoms with Gasteiger partial charge in [-0.2, -0.15) is 0 Å². The Labute approximate surface area is 153 Å². The molecule has 3 aromatic rings. The number of fused-ring (bicyclic) bond motifs is 1. The summed E-state index contributed by atoms with van der Waals surface area (Å²) in [7, 11) is -2.30. The fourth-order valence-corrected chi connectivity index (χ4v) is 4.03. The number of nitrogens with one attached hydrogen (secondary N) is 1. The fraction of sp³-hybridized carbons (Fsp3) is 0.143. The summed E-state index contributed by atoms with van der Waals surface area (Å²) < 4.78 is 12.3. The third kappa shape index (κ3) is 3.33. The topological polar surface area (TPSA) is 54.9 Å². The smallest absolute Gasteiger partial charge is 0.227 e. The first kappa shape index (κ1) is 16.7. The second kappa shape index (κ2) is 6.54. The summed E-state index contributed by atoms with van der Waals surface area (Å²) in [5, 5.41) is 4.07. The van der Waals surface area contributed by atoms with E-state index in [0.717, 1.165) is 28.7 Å². The van der Waals surface area contributed by atoms with Crippen molar-refractivity contribution in [3.05, 3.63) is 71.9 Å². The van der Waals surface area contributed by atoms with Gasteiger partial charge in [0.05, 0.1) is 5.69 Å². The molecule has 0 bridgehead atoms. The number of allylic oxidation sites excluding steroid dienone is 1. The van der Waals surface area contributed by atoms with Crippen molar-refractivity contribution in [2.45, 2.75) is 6.42 Å². The second-order valence-corrected chi connectivity index (χ2v) is 9.99. The minimum atomic E-state index is -2.30. The van der Waals surface area contributed by atoms with Crippen LogP contribution in [0.25, 0.3) is 17.3 Å². The molecule has 5 heteroatoms. The molecule has 4 nitrogen and oxygen atoms in total. The zero-order chi connectivity index (χ0) is 18.1. The Morgan fingerprint density at radius 2 is 1.92 bits per heavy atom. The molecule has 0 aliphatic heterocycles. The first-order valence-corrected chi connectivity index (χ1v) is 11.2. The average Bonchev–Trinajstić information content (AvgIpc) is 3.10. The van der Waals surface area contributed by atoms with Gasteiger partial charge < -0.3 is 9.88 Å². The van der Waals surface area contributed by atoms with Crippen molar-refractivity contribution in [1.29, 1.82) is 0 Å². The Morgan fingerprint density at radius 3 is 2.77 bits per heavy atom. The van der Waals surface area contributed by atoms with Crippen molar-refractivity contribution in [3.63, 3.8) is 0 Å². The van der Waals surface area contributed by atoms with Crippen LogP contribution in [0.4, 0.5) is 11.6 Å². The molecule has 130 valence electrons. The predicted molar refractivity (Wildman–Crippen MR) is 109 cm³/mol. The van der Waals surface area contributed by atoms with Gasteiger partial charge in [0.15, 0.2) is 0 Å². The SMILES string of the molecule is CP(C)(=O)c1cccc(Nc2nccc(-c3cccc4c3C=CC4)n2)c1. The van der Waals surface area contributed by atoms with Crippen LogP contribution >= 0.6 is 7.14 Å². The zero-order valence-electron chi connectivity index (χ0n) is 14.8. The molecule has 1 N–H and O–H groups in total. The van der Waals surface area contributed by atoms with Gasteiger partial charge >= 0.3 is 0 Å². The second-order valence-electron chi connectivity index (χ2n) is 6.78. The van der Waals surface area contributed by atoms with Crippen molar-refractivity contribution in [3.8, 4) is 11.3 Å². The van der Waals surface area contributed by atoms with Gasteiger partial charge in [-0.05, 0) is 49.1 Å². The lowest BCUT2D eigenvalue weighted by molar-refractivity contribution is 0.588. The summed E-state index contributed by atoms with van der Waals surface area (Å²) in [4.78, 5) is 9.02. The largest absolute Gasteiger partial charge is 0.324 e. The third-order valence-electron chi connectivity index (χ3n) is 4.47. The van der Waals surface area contributed by atoms with E-state index in [1.54, 1.807) is 19.5 Å². The molecule has 2 aromatic carbocycles. The van der Waals surface area contributed by atoms with Crippen LogP contribution in [0.5, 0.6) is 0 Å². The van der Waals surface area contributed by atoms with Crippen LogP contribution in [0.2, 0.25) is 0 Å². The summed E-state index contributed by atoms with van der Waals surface area (Å²) >= 11 is 0. The number of hydrogen-bond donors (Lipinski definition) is 1. The zero-order valence-corrected chi connectivity index (χ0v) is 15.7. The van der Waals surface area contributed by atoms with Gasteiger partial charge in [0.2, 0.25) is 5.95 Å². The molecular weight excluding hydrogens is 341 g/mol. The van der Waals surface area contributed by atoms with Crippen molar-refractivity contribution >= 4 is 30.2 Å². The first-order valence-electron chi connectivity index (χ1n) is 8.55. The summed E-state index contributed by atoms with van der Waals surface area (Å²) in [5.41, 5.74) is 5.39. The molecule has 0 radical (unpaired) electrons. The van der Waals surface area contributed by atoms with Gasteiger partial charge in [-0.25, -0.2) is 9.97 Å². The minimum absolute atomic E-state index is 0.529. The van der Waals surface area contributed by atoms with Crippen LogP contribution in [0, 0.1) is 0 Å². The molecule has 1 aromatic heterocycles. The van der Waals surface area contributed by atoms with E-state index in [9.17, 15) is 4.57 Å². The van der Waals surface area contributed by atoms with Crippen molar-refractivity contribution in [2.24, 2.45) is 0 Å². The van der Waals surface area contributed by atoms with Gasteiger partial charge in [0.25, 0.3) is 0 Å². The van der Waals surface area contributed by atoms with E-state index < -0.39 is 7.14 Å². The molecular formula is C21H20N3OP. The van der Waals surface area contributed by atoms with Gasteiger partial charge in [0, 0.05) is 22.8 Å². The Hall–Kier alpha value is -2.71. The molecule has 0 unspecified atom stereocenters. The molecule has 0 saturated carbocycles. The van der Waals surface area contributed by atoms with Crippen LogP contribution in [0.3, 0.4) is 0 Å². The summed E-state index contributed by atoms with van der Waals surface area (Å²) in [6, 6.07) is 15.9. The van der Waals surface area contributed by atoms with Crippen LogP contribution in [-0.2, 0) is 11.0 Å². The van der Waals surface area contributed by atoms with Crippen LogP contribution in [0.15, 0.2) is 60.8 Å². The molecule has 0 saturated heterocycles. The van der Waals surface area contributed by atoms with Crippen LogP contribution in [0.1, 0.15) is 11.1 Å². The van der Waals surface area contributed by atoms with E-state index in [1.165, 1.54) is 11.1 Å². The van der Waals surface area contributed by atoms with Gasteiger partial charge in [-0.1, -0.05) is 42.5 Å². The number of benzene rings is 2. The maximum absolute atomic E-state index is 12.3. The normalized spacial score (nSPS) is 12.8. The maximum Gasteiger partial charge on any atom is 0.227 e. The lowest BCUT2D eigenvalue weighted by atomic mass is 10.0. The quantitative estimate of drug-likeness (QED) is 0.684. The average molecular weight is 361 g/mol. The minimum Gasteiger partial charge on any atom is -0.324 e. The third-order valence-corrected chi connectivity index (χ3v) is 6.00. The highest BCUT2D eigenvalue weighted by Crippen LogP contribution is 2.35. The predicted octanol–water partition coefficient (Wildman–Crippen LogP) is 4.70. The number of rotatable bonds is 4. The molecule has 0 amide bonds. The highest BCUT2D eigenvalue weighted by atomic mass is 31.2. The molecule has 0 spiro atoms. The molecule has 0 fully saturated rings. The molecule has 0 atom stereocenters. The van der Waals surface area contributed by atoms with E-state index in [1.807, 2.05) is 30.3 Å². The maximum atomic E-state index is 12.3. The first-order chi connectivity index (χ1) is 12.5. The van der Waals surface area contributed by atoms with Gasteiger partial charge in [-0.15, -0.1) is 0 Å². The monoisotopic (exact) mass is 361 g/mol. The molecule has 26 heavy (non-hydrogen) atoms. The molecule has 1 heterocycles. The Kier molecular flexibility index (Phi) is 4.21. The van der Waals surface area contributed by atoms with Gasteiger partial charge in [-0.3, -0.25) is 0 Å². The lowest BCUT2D eigenvalue weighted by Gasteiger charge is -2.11. The Bertz CT molecular complexity index is 1050. The highest BCUT2D eigenvalue weighted by molar-refractivity contribution is 7.70. The summed E-state index contributed by atoms with van der Waals surface area (Å²) in [6.07, 6.45) is 7.06. The van der Waals surface area contributed by atoms with E-state index >= 15 is 0 Å². The highest BCUT2D eigenvalue weighted by Gasteiger charge is 2.14. The van der Waals surface area contributed by atoms with Crippen molar-refractivity contribution in [2.75, 3.05) is 18.6 Å². The molecule has 1 aliphatic carbocycles. The lowest BCUT2D eigenvalue weighted by Crippen LogP contribution is -2.05. The van der Waals surface area contributed by atoms with Gasteiger partial charge in [0.1, 0.15) is 7.14 Å². The standard InChI is InChI=1S/C21H20N3OP/c1-26(2,25)17-9-5-8-16(14-17)23-21-22-13-12-20(24-21)19-11-4-7-15-6-3-10-18(15)19/h3-5,7-14H,6H2,1-2H3,(H,22,23,24).